The first-order valence-corrected chi connectivity index (χ1v) is 18.1. The van der Waals surface area contributed by atoms with Crippen LogP contribution < -0.4 is 21.1 Å². The van der Waals surface area contributed by atoms with Crippen molar-refractivity contribution in [1.29, 1.82) is 0 Å². The summed E-state index contributed by atoms with van der Waals surface area (Å²) in [5.41, 5.74) is 13.7. The number of urea groups is 1. The summed E-state index contributed by atoms with van der Waals surface area (Å²) in [6, 6.07) is 18.1. The number of aromatic nitrogens is 4. The molecule has 3 aromatic carbocycles. The number of H-pyrrole nitrogens is 1. The first kappa shape index (κ1) is 35.4. The predicted molar refractivity (Wildman–Crippen MR) is 201 cm³/mol. The van der Waals surface area contributed by atoms with Crippen molar-refractivity contribution >= 4 is 40.5 Å². The van der Waals surface area contributed by atoms with Gasteiger partial charge < -0.3 is 20.7 Å². The van der Waals surface area contributed by atoms with Gasteiger partial charge in [-0.15, -0.1) is 0 Å². The molecule has 5 amide bonds. The molecule has 0 saturated carbocycles. The number of fused-ring (bicyclic) bond motifs is 2. The second-order valence-electron chi connectivity index (χ2n) is 14.8. The minimum atomic E-state index is -0.648. The van der Waals surface area contributed by atoms with E-state index in [9.17, 15) is 19.2 Å². The lowest BCUT2D eigenvalue weighted by atomic mass is 9.92. The molecule has 0 spiro atoms. The second-order valence-corrected chi connectivity index (χ2v) is 14.8. The van der Waals surface area contributed by atoms with Crippen LogP contribution in [0.15, 0.2) is 67.0 Å². The van der Waals surface area contributed by atoms with Crippen LogP contribution in [0.2, 0.25) is 0 Å². The molecule has 0 radical (unpaired) electrons. The topological polar surface area (TPSA) is 177 Å². The van der Waals surface area contributed by atoms with Crippen LogP contribution in [0.3, 0.4) is 0 Å². The molecule has 274 valence electrons. The van der Waals surface area contributed by atoms with Crippen molar-refractivity contribution < 1.29 is 23.9 Å². The number of nitrogens with two attached hydrogens (primary N) is 1. The minimum Gasteiger partial charge on any atom is -0.494 e. The normalized spacial score (nSPS) is 15.9. The first-order valence-electron chi connectivity index (χ1n) is 18.1. The molecule has 5 aromatic rings. The number of carbonyl (C=O) groups excluding carboxylic acids is 4. The Balaban J connectivity index is 0.926. The van der Waals surface area contributed by atoms with E-state index < -0.39 is 18.0 Å². The van der Waals surface area contributed by atoms with Gasteiger partial charge in [-0.2, -0.15) is 5.10 Å². The number of imide groups is 1. The zero-order valence-electron chi connectivity index (χ0n) is 30.2. The standard InChI is InChI=1S/C40H44N8O5/c1-40(2,3)35-21-31(45-46-35)28-19-25(12-14-30(28)43-39(41)52)48-23-42-32-20-26(13-15-33(32)48)53-18-7-5-4-6-9-24-10-8-11-27-29(24)22-47(38(27)51)34-16-17-36(49)44-37(34)50/h8,10-15,19-21,23,34H,4-7,9,16-18,22H2,1-3H3,(H,45,46)(H3,41,43,52)(H,44,49,50). The van der Waals surface area contributed by atoms with Gasteiger partial charge >= 0.3 is 6.03 Å². The highest BCUT2D eigenvalue weighted by Gasteiger charge is 2.39. The molecule has 13 heteroatoms. The number of benzene rings is 3. The van der Waals surface area contributed by atoms with E-state index in [2.05, 4.69) is 52.7 Å². The summed E-state index contributed by atoms with van der Waals surface area (Å²) in [4.78, 5) is 55.2. The van der Waals surface area contributed by atoms with Crippen molar-refractivity contribution in [2.75, 3.05) is 11.9 Å². The van der Waals surface area contributed by atoms with Crippen LogP contribution in [0.1, 0.15) is 86.5 Å². The minimum absolute atomic E-state index is 0.138. The number of imidazole rings is 1. The number of aromatic amines is 1. The Hall–Kier alpha value is -5.98. The second kappa shape index (κ2) is 14.6. The summed E-state index contributed by atoms with van der Waals surface area (Å²) in [5, 5.41) is 12.7. The molecule has 1 saturated heterocycles. The third kappa shape index (κ3) is 7.50. The maximum atomic E-state index is 13.1. The number of carbonyl (C=O) groups is 4. The van der Waals surface area contributed by atoms with Crippen molar-refractivity contribution in [2.45, 2.75) is 83.7 Å². The smallest absolute Gasteiger partial charge is 0.316 e. The van der Waals surface area contributed by atoms with E-state index in [0.717, 1.165) is 82.7 Å². The predicted octanol–water partition coefficient (Wildman–Crippen LogP) is 6.15. The van der Waals surface area contributed by atoms with E-state index >= 15 is 0 Å². The Morgan fingerprint density at radius 3 is 2.60 bits per heavy atom. The van der Waals surface area contributed by atoms with Crippen LogP contribution in [0, 0.1) is 0 Å². The van der Waals surface area contributed by atoms with Gasteiger partial charge in [0.2, 0.25) is 11.8 Å². The van der Waals surface area contributed by atoms with Gasteiger partial charge in [-0.1, -0.05) is 45.7 Å². The fourth-order valence-electron chi connectivity index (χ4n) is 7.12. The lowest BCUT2D eigenvalue weighted by molar-refractivity contribution is -0.136. The van der Waals surface area contributed by atoms with Crippen molar-refractivity contribution in [2.24, 2.45) is 5.73 Å². The Morgan fingerprint density at radius 2 is 1.83 bits per heavy atom. The largest absolute Gasteiger partial charge is 0.494 e. The van der Waals surface area contributed by atoms with Crippen LogP contribution in [-0.4, -0.2) is 61.0 Å². The van der Waals surface area contributed by atoms with Gasteiger partial charge in [-0.25, -0.2) is 9.78 Å². The summed E-state index contributed by atoms with van der Waals surface area (Å²) in [7, 11) is 0. The number of ether oxygens (including phenoxy) is 1. The lowest BCUT2D eigenvalue weighted by Gasteiger charge is -2.29. The van der Waals surface area contributed by atoms with E-state index in [1.54, 1.807) is 11.2 Å². The van der Waals surface area contributed by atoms with Crippen LogP contribution in [0.25, 0.3) is 28.0 Å². The summed E-state index contributed by atoms with van der Waals surface area (Å²) < 4.78 is 8.09. The molecule has 2 aromatic heterocycles. The molecule has 13 nitrogen and oxygen atoms in total. The van der Waals surface area contributed by atoms with E-state index in [0.29, 0.717) is 30.8 Å². The number of piperidine rings is 1. The molecular formula is C40H44N8O5. The number of nitrogens with one attached hydrogen (secondary N) is 3. The number of unbranched alkanes of at least 4 members (excludes halogenated alkanes) is 3. The Morgan fingerprint density at radius 1 is 1.00 bits per heavy atom. The van der Waals surface area contributed by atoms with E-state index in [-0.39, 0.29) is 23.7 Å². The quantitative estimate of drug-likeness (QED) is 0.0884. The number of aryl methyl sites for hydroxylation is 1. The molecule has 1 atom stereocenters. The number of amides is 5. The van der Waals surface area contributed by atoms with Crippen LogP contribution in [-0.2, 0) is 28.0 Å². The number of hydrogen-bond donors (Lipinski definition) is 4. The average molecular weight is 717 g/mol. The number of anilines is 1. The summed E-state index contributed by atoms with van der Waals surface area (Å²) >= 11 is 0. The molecule has 1 unspecified atom stereocenters. The summed E-state index contributed by atoms with van der Waals surface area (Å²) in [5.74, 6) is -0.0620. The number of hydrogen-bond acceptors (Lipinski definition) is 7. The molecule has 7 rings (SSSR count). The molecule has 1 fully saturated rings. The van der Waals surface area contributed by atoms with Gasteiger partial charge in [-0.05, 0) is 79.3 Å². The van der Waals surface area contributed by atoms with Crippen molar-refractivity contribution in [3.8, 4) is 22.7 Å². The highest BCUT2D eigenvalue weighted by Crippen LogP contribution is 2.34. The monoisotopic (exact) mass is 716 g/mol. The summed E-state index contributed by atoms with van der Waals surface area (Å²) in [6.45, 7) is 7.26. The molecule has 5 N–H and O–H groups in total. The molecular weight excluding hydrogens is 672 g/mol. The van der Waals surface area contributed by atoms with Crippen LogP contribution in [0.5, 0.6) is 5.75 Å². The van der Waals surface area contributed by atoms with Gasteiger partial charge in [0.05, 0.1) is 34.7 Å². The Bertz CT molecular complexity index is 2210. The zero-order chi connectivity index (χ0) is 37.3. The van der Waals surface area contributed by atoms with Crippen molar-refractivity contribution in [3.63, 3.8) is 0 Å². The van der Waals surface area contributed by atoms with E-state index in [1.807, 2.05) is 59.2 Å². The van der Waals surface area contributed by atoms with E-state index in [4.69, 9.17) is 10.5 Å². The molecule has 2 aliphatic heterocycles. The van der Waals surface area contributed by atoms with Gasteiger partial charge in [0.25, 0.3) is 5.91 Å². The highest BCUT2D eigenvalue weighted by molar-refractivity contribution is 6.05. The third-order valence-corrected chi connectivity index (χ3v) is 9.98. The molecule has 53 heavy (non-hydrogen) atoms. The van der Waals surface area contributed by atoms with Crippen molar-refractivity contribution in [1.82, 2.24) is 30.0 Å². The van der Waals surface area contributed by atoms with Crippen LogP contribution >= 0.6 is 0 Å². The number of rotatable bonds is 12. The first-order chi connectivity index (χ1) is 25.5. The molecule has 0 bridgehead atoms. The average Bonchev–Trinajstić information content (AvgIpc) is 3.86. The Labute approximate surface area is 307 Å². The fourth-order valence-corrected chi connectivity index (χ4v) is 7.12. The van der Waals surface area contributed by atoms with Gasteiger partial charge in [0.15, 0.2) is 0 Å². The summed E-state index contributed by atoms with van der Waals surface area (Å²) in [6.07, 6.45) is 7.13. The Kier molecular flexibility index (Phi) is 9.74. The van der Waals surface area contributed by atoms with Crippen LogP contribution in [0.4, 0.5) is 10.5 Å². The highest BCUT2D eigenvalue weighted by atomic mass is 16.5. The lowest BCUT2D eigenvalue weighted by Crippen LogP contribution is -2.52. The molecule has 4 heterocycles. The zero-order valence-corrected chi connectivity index (χ0v) is 30.2. The third-order valence-electron chi connectivity index (χ3n) is 9.98. The number of nitrogens with zero attached hydrogens (tertiary/aromatic N) is 4. The SMILES string of the molecule is CC(C)(C)c1cc(-c2cc(-n3cnc4cc(OCCCCCCc5cccc6c5CN(C5CCC(=O)NC5=O)C6=O)ccc43)ccc2NC(N)=O)[nH]n1. The van der Waals surface area contributed by atoms with E-state index in [1.165, 1.54) is 0 Å². The van der Waals surface area contributed by atoms with Gasteiger partial charge in [0, 0.05) is 41.3 Å². The van der Waals surface area contributed by atoms with Gasteiger partial charge in [0.1, 0.15) is 18.1 Å². The van der Waals surface area contributed by atoms with Gasteiger partial charge in [-0.3, -0.25) is 29.4 Å². The molecule has 2 aliphatic rings. The fraction of sp³-hybridized carbons (Fsp3) is 0.350. The maximum Gasteiger partial charge on any atom is 0.316 e. The maximum absolute atomic E-state index is 13.1. The molecule has 0 aliphatic carbocycles. The number of primary amides is 1. The van der Waals surface area contributed by atoms with Crippen molar-refractivity contribution in [3.05, 3.63) is 89.4 Å².